The van der Waals surface area contributed by atoms with Crippen molar-refractivity contribution in [1.29, 1.82) is 0 Å². The van der Waals surface area contributed by atoms with Crippen molar-refractivity contribution in [3.63, 3.8) is 0 Å². The molecule has 0 aliphatic carbocycles. The lowest BCUT2D eigenvalue weighted by Crippen LogP contribution is -2.92. The van der Waals surface area contributed by atoms with Crippen LogP contribution in [0.5, 0.6) is 5.75 Å². The number of rotatable bonds is 8. The summed E-state index contributed by atoms with van der Waals surface area (Å²) in [6, 6.07) is 6.31. The maximum atomic E-state index is 11.8. The monoisotopic (exact) mass is 265 g/mol. The predicted octanol–water partition coefficient (Wildman–Crippen LogP) is -0.640. The fourth-order valence-corrected chi connectivity index (χ4v) is 1.61. The molecule has 0 spiro atoms. The van der Waals surface area contributed by atoms with Crippen molar-refractivity contribution in [2.45, 2.75) is 26.3 Å². The molecule has 5 nitrogen and oxygen atoms in total. The average Bonchev–Trinajstić information content (AvgIpc) is 2.39. The standard InChI is InChI=1S/C14H19NO4/c1-3-19-12-6-4-11(5-7-12)13(16)8-9-15-10(2)14(17)18/h4-7,10,15H,3,8-9H2,1-2H3,(H,17,18). The summed E-state index contributed by atoms with van der Waals surface area (Å²) >= 11 is 0. The van der Waals surface area contributed by atoms with Gasteiger partial charge < -0.3 is 20.0 Å². The quantitative estimate of drug-likeness (QED) is 0.634. The topological polar surface area (TPSA) is 83.0 Å². The third-order valence-electron chi connectivity index (χ3n) is 2.75. The first-order chi connectivity index (χ1) is 9.04. The molecule has 1 atom stereocenters. The highest BCUT2D eigenvalue weighted by Gasteiger charge is 2.10. The van der Waals surface area contributed by atoms with Crippen molar-refractivity contribution in [2.24, 2.45) is 0 Å². The van der Waals surface area contributed by atoms with Gasteiger partial charge in [-0.3, -0.25) is 4.79 Å². The first kappa shape index (κ1) is 15.2. The number of Topliss-reactive ketones (excluding diaryl/α,β-unsaturated/α-hetero) is 1. The fraction of sp³-hybridized carbons (Fsp3) is 0.429. The molecular formula is C14H19NO4. The Morgan fingerprint density at radius 2 is 1.95 bits per heavy atom. The van der Waals surface area contributed by atoms with E-state index in [0.29, 0.717) is 25.1 Å². The second-order valence-electron chi connectivity index (χ2n) is 4.26. The molecule has 0 heterocycles. The van der Waals surface area contributed by atoms with Crippen molar-refractivity contribution in [2.75, 3.05) is 13.2 Å². The number of quaternary nitrogens is 1. The molecule has 0 saturated heterocycles. The number of ether oxygens (including phenoxy) is 1. The third-order valence-corrected chi connectivity index (χ3v) is 2.75. The summed E-state index contributed by atoms with van der Waals surface area (Å²) in [7, 11) is 0. The second-order valence-corrected chi connectivity index (χ2v) is 4.26. The number of ketones is 1. The molecule has 1 aromatic carbocycles. The van der Waals surface area contributed by atoms with E-state index >= 15 is 0 Å². The summed E-state index contributed by atoms with van der Waals surface area (Å²) in [6.07, 6.45) is 0.297. The summed E-state index contributed by atoms with van der Waals surface area (Å²) in [5.74, 6) is -0.394. The number of hydrogen-bond donors (Lipinski definition) is 1. The SMILES string of the molecule is CCOc1ccc(C(=O)CC[NH2+]C(C)C(=O)[O-])cc1. The maximum absolute atomic E-state index is 11.8. The Morgan fingerprint density at radius 3 is 2.47 bits per heavy atom. The summed E-state index contributed by atoms with van der Waals surface area (Å²) in [5.41, 5.74) is 0.609. The zero-order valence-corrected chi connectivity index (χ0v) is 11.2. The first-order valence-electron chi connectivity index (χ1n) is 6.34. The maximum Gasteiger partial charge on any atom is 0.168 e. The molecule has 104 valence electrons. The van der Waals surface area contributed by atoms with Crippen LogP contribution in [0, 0.1) is 0 Å². The van der Waals surface area contributed by atoms with Crippen molar-refractivity contribution >= 4 is 11.8 Å². The first-order valence-corrected chi connectivity index (χ1v) is 6.34. The zero-order chi connectivity index (χ0) is 14.3. The van der Waals surface area contributed by atoms with Gasteiger partial charge in [0, 0.05) is 5.56 Å². The highest BCUT2D eigenvalue weighted by Crippen LogP contribution is 2.13. The van der Waals surface area contributed by atoms with Crippen LogP contribution in [-0.4, -0.2) is 30.9 Å². The van der Waals surface area contributed by atoms with Gasteiger partial charge in [0.2, 0.25) is 0 Å². The Balaban J connectivity index is 2.43. The van der Waals surface area contributed by atoms with Gasteiger partial charge in [-0.15, -0.1) is 0 Å². The molecule has 2 N–H and O–H groups in total. The van der Waals surface area contributed by atoms with E-state index in [2.05, 4.69) is 0 Å². The van der Waals surface area contributed by atoms with Crippen LogP contribution in [0.25, 0.3) is 0 Å². The van der Waals surface area contributed by atoms with Gasteiger partial charge in [-0.05, 0) is 38.1 Å². The summed E-state index contributed by atoms with van der Waals surface area (Å²) < 4.78 is 5.29. The fourth-order valence-electron chi connectivity index (χ4n) is 1.61. The number of benzene rings is 1. The van der Waals surface area contributed by atoms with Gasteiger partial charge >= 0.3 is 0 Å². The summed E-state index contributed by atoms with van der Waals surface area (Å²) in [4.78, 5) is 22.3. The number of carbonyl (C=O) groups is 2. The van der Waals surface area contributed by atoms with Crippen LogP contribution in [-0.2, 0) is 4.79 Å². The van der Waals surface area contributed by atoms with Gasteiger partial charge in [-0.2, -0.15) is 0 Å². The number of nitrogens with two attached hydrogens (primary N) is 1. The number of carboxylic acids is 1. The molecule has 0 fully saturated rings. The lowest BCUT2D eigenvalue weighted by Gasteiger charge is -2.10. The molecule has 0 radical (unpaired) electrons. The van der Waals surface area contributed by atoms with Gasteiger partial charge in [0.1, 0.15) is 11.8 Å². The summed E-state index contributed by atoms with van der Waals surface area (Å²) in [5, 5.41) is 12.1. The van der Waals surface area contributed by atoms with Crippen LogP contribution >= 0.6 is 0 Å². The van der Waals surface area contributed by atoms with E-state index in [1.807, 2.05) is 6.92 Å². The molecule has 0 saturated carbocycles. The number of carboxylic acid groups (broad SMARTS) is 1. The molecular weight excluding hydrogens is 246 g/mol. The van der Waals surface area contributed by atoms with E-state index in [-0.39, 0.29) is 5.78 Å². The Hall–Kier alpha value is -1.88. The Morgan fingerprint density at radius 1 is 1.32 bits per heavy atom. The van der Waals surface area contributed by atoms with Crippen molar-refractivity contribution in [3.8, 4) is 5.75 Å². The van der Waals surface area contributed by atoms with Crippen molar-refractivity contribution in [3.05, 3.63) is 29.8 Å². The van der Waals surface area contributed by atoms with Gasteiger partial charge in [0.25, 0.3) is 0 Å². The highest BCUT2D eigenvalue weighted by atomic mass is 16.5. The van der Waals surface area contributed by atoms with Crippen molar-refractivity contribution in [1.82, 2.24) is 0 Å². The van der Waals surface area contributed by atoms with Crippen LogP contribution < -0.4 is 15.2 Å². The van der Waals surface area contributed by atoms with E-state index in [1.54, 1.807) is 29.6 Å². The average molecular weight is 265 g/mol. The predicted molar refractivity (Wildman–Crippen MR) is 67.8 cm³/mol. The number of carbonyl (C=O) groups excluding carboxylic acids is 2. The molecule has 0 aromatic heterocycles. The normalized spacial score (nSPS) is 11.9. The van der Waals surface area contributed by atoms with Gasteiger partial charge in [0.05, 0.1) is 25.5 Å². The smallest absolute Gasteiger partial charge is 0.168 e. The van der Waals surface area contributed by atoms with Crippen molar-refractivity contribution < 1.29 is 24.7 Å². The zero-order valence-electron chi connectivity index (χ0n) is 11.2. The molecule has 5 heteroatoms. The molecule has 1 rings (SSSR count). The largest absolute Gasteiger partial charge is 0.544 e. The molecule has 0 bridgehead atoms. The number of hydrogen-bond acceptors (Lipinski definition) is 4. The van der Waals surface area contributed by atoms with E-state index < -0.39 is 12.0 Å². The lowest BCUT2D eigenvalue weighted by atomic mass is 10.1. The van der Waals surface area contributed by atoms with E-state index in [1.165, 1.54) is 6.92 Å². The molecule has 1 unspecified atom stereocenters. The summed E-state index contributed by atoms with van der Waals surface area (Å²) in [6.45, 7) is 4.45. The van der Waals surface area contributed by atoms with Gasteiger partial charge in [-0.1, -0.05) is 0 Å². The minimum Gasteiger partial charge on any atom is -0.544 e. The van der Waals surface area contributed by atoms with Crippen LogP contribution in [0.4, 0.5) is 0 Å². The highest BCUT2D eigenvalue weighted by molar-refractivity contribution is 5.96. The minimum atomic E-state index is -1.12. The Labute approximate surface area is 112 Å². The van der Waals surface area contributed by atoms with Crippen LogP contribution in [0.3, 0.4) is 0 Å². The molecule has 19 heavy (non-hydrogen) atoms. The number of aliphatic carboxylic acids is 1. The minimum absolute atomic E-state index is 0.00940. The third kappa shape index (κ3) is 5.09. The molecule has 0 aliphatic rings. The van der Waals surface area contributed by atoms with Gasteiger partial charge in [0.15, 0.2) is 5.78 Å². The van der Waals surface area contributed by atoms with Crippen LogP contribution in [0.1, 0.15) is 30.6 Å². The molecule has 0 amide bonds. The van der Waals surface area contributed by atoms with E-state index in [4.69, 9.17) is 4.74 Å². The second kappa shape index (κ2) is 7.53. The molecule has 0 aliphatic heterocycles. The van der Waals surface area contributed by atoms with Gasteiger partial charge in [-0.25, -0.2) is 0 Å². The van der Waals surface area contributed by atoms with Crippen LogP contribution in [0.15, 0.2) is 24.3 Å². The van der Waals surface area contributed by atoms with E-state index in [0.717, 1.165) is 5.75 Å². The lowest BCUT2D eigenvalue weighted by molar-refractivity contribution is -0.679. The van der Waals surface area contributed by atoms with Crippen LogP contribution in [0.2, 0.25) is 0 Å². The Kier molecular flexibility index (Phi) is 6.02. The molecule has 1 aromatic rings. The van der Waals surface area contributed by atoms with E-state index in [9.17, 15) is 14.7 Å². The Bertz CT molecular complexity index is 428.